The number of pyridine rings is 1. The Morgan fingerprint density at radius 3 is 2.09 bits per heavy atom. The van der Waals surface area contributed by atoms with Gasteiger partial charge >= 0.3 is 0 Å². The molecule has 12 atom stereocenters. The van der Waals surface area contributed by atoms with Crippen molar-refractivity contribution in [2.75, 3.05) is 34.0 Å². The first kappa shape index (κ1) is 44.4. The first-order chi connectivity index (χ1) is 25.1. The van der Waals surface area contributed by atoms with Gasteiger partial charge in [-0.2, -0.15) is 0 Å². The normalized spacial score (nSPS) is 31.5. The third kappa shape index (κ3) is 11.3. The molecule has 0 bridgehead atoms. The van der Waals surface area contributed by atoms with Crippen LogP contribution in [0.15, 0.2) is 51.9 Å². The van der Waals surface area contributed by atoms with Gasteiger partial charge in [-0.3, -0.25) is 4.79 Å². The van der Waals surface area contributed by atoms with Gasteiger partial charge in [0.1, 0.15) is 48.8 Å². The van der Waals surface area contributed by atoms with Gasteiger partial charge in [-0.1, -0.05) is 48.5 Å². The van der Waals surface area contributed by atoms with E-state index in [9.17, 15) is 45.6 Å². The Balaban J connectivity index is 1.69. The van der Waals surface area contributed by atoms with Gasteiger partial charge in [0.25, 0.3) is 0 Å². The molecule has 0 saturated carbocycles. The van der Waals surface area contributed by atoms with Crippen molar-refractivity contribution < 1.29 is 69.3 Å². The van der Waals surface area contributed by atoms with Crippen LogP contribution in [0.2, 0.25) is 0 Å². The van der Waals surface area contributed by atoms with Crippen LogP contribution in [-0.2, 0) is 25.4 Å². The molecule has 3 heterocycles. The first-order valence-corrected chi connectivity index (χ1v) is 17.5. The summed E-state index contributed by atoms with van der Waals surface area (Å²) in [7, 11) is 2.88. The second-order valence-electron chi connectivity index (χ2n) is 13.5. The summed E-state index contributed by atoms with van der Waals surface area (Å²) in [6.07, 6.45) is -5.71. The minimum Gasteiger partial charge on any atom is -0.488 e. The van der Waals surface area contributed by atoms with Gasteiger partial charge in [0.05, 0.1) is 40.1 Å². The molecular formula is C37H57NO15. The van der Waals surface area contributed by atoms with Crippen LogP contribution in [-0.4, -0.2) is 147 Å². The molecule has 3 rings (SSSR count). The zero-order chi connectivity index (χ0) is 39.6. The molecule has 300 valence electrons. The van der Waals surface area contributed by atoms with Crippen LogP contribution in [0.1, 0.15) is 45.4 Å². The van der Waals surface area contributed by atoms with Crippen molar-refractivity contribution in [3.05, 3.63) is 68.6 Å². The lowest BCUT2D eigenvalue weighted by Gasteiger charge is -2.43. The largest absolute Gasteiger partial charge is 0.488 e. The summed E-state index contributed by atoms with van der Waals surface area (Å²) in [6, 6.07) is 0. The number of hydrogen-bond acceptors (Lipinski definition) is 15. The Hall–Kier alpha value is -2.97. The summed E-state index contributed by atoms with van der Waals surface area (Å²) < 4.78 is 33.3. The minimum absolute atomic E-state index is 0.131. The van der Waals surface area contributed by atoms with Crippen LogP contribution in [0.25, 0.3) is 0 Å². The number of aromatic nitrogens is 1. The molecule has 9 N–H and O–H groups in total. The van der Waals surface area contributed by atoms with Crippen LogP contribution in [0.5, 0.6) is 11.6 Å². The molecule has 1 aromatic heterocycles. The van der Waals surface area contributed by atoms with Crippen molar-refractivity contribution in [3.63, 3.8) is 0 Å². The third-order valence-corrected chi connectivity index (χ3v) is 9.44. The number of allylic oxidation sites excluding steroid dienone is 5. The summed E-state index contributed by atoms with van der Waals surface area (Å²) in [5.74, 6) is 0.0585. The number of aromatic amines is 1. The predicted molar refractivity (Wildman–Crippen MR) is 191 cm³/mol. The maximum Gasteiger partial charge on any atom is 0.238 e. The van der Waals surface area contributed by atoms with E-state index in [1.54, 1.807) is 19.9 Å². The second kappa shape index (κ2) is 20.6. The summed E-state index contributed by atoms with van der Waals surface area (Å²) in [4.78, 5) is 15.8. The van der Waals surface area contributed by atoms with Crippen LogP contribution >= 0.6 is 0 Å². The lowest BCUT2D eigenvalue weighted by molar-refractivity contribution is -0.335. The molecule has 0 aromatic carbocycles. The molecule has 2 fully saturated rings. The number of methoxy groups -OCH3 is 2. The monoisotopic (exact) mass is 755 g/mol. The molecule has 16 heteroatoms. The maximum absolute atomic E-state index is 12.6. The molecule has 0 aliphatic carbocycles. The number of aliphatic hydroxyl groups excluding tert-OH is 8. The van der Waals surface area contributed by atoms with Gasteiger partial charge in [0.2, 0.25) is 17.1 Å². The fourth-order valence-electron chi connectivity index (χ4n) is 6.19. The Labute approximate surface area is 309 Å². The number of hydrogen-bond donors (Lipinski definition) is 9. The van der Waals surface area contributed by atoms with Crippen LogP contribution in [0.4, 0.5) is 0 Å². The van der Waals surface area contributed by atoms with Crippen LogP contribution in [0, 0.1) is 12.8 Å². The fourth-order valence-corrected chi connectivity index (χ4v) is 6.19. The van der Waals surface area contributed by atoms with Crippen molar-refractivity contribution in [2.45, 2.75) is 115 Å². The molecule has 16 nitrogen and oxygen atoms in total. The first-order valence-electron chi connectivity index (χ1n) is 17.5. The van der Waals surface area contributed by atoms with Gasteiger partial charge in [-0.05, 0) is 39.7 Å². The average molecular weight is 756 g/mol. The second-order valence-corrected chi connectivity index (χ2v) is 13.5. The number of aliphatic hydroxyl groups is 8. The molecule has 0 amide bonds. The lowest BCUT2D eigenvalue weighted by Crippen LogP contribution is -2.62. The van der Waals surface area contributed by atoms with Gasteiger partial charge in [0, 0.05) is 23.6 Å². The van der Waals surface area contributed by atoms with Crippen molar-refractivity contribution in [1.29, 1.82) is 0 Å². The van der Waals surface area contributed by atoms with E-state index in [0.717, 1.165) is 16.8 Å². The number of rotatable bonds is 17. The zero-order valence-electron chi connectivity index (χ0n) is 31.3. The van der Waals surface area contributed by atoms with E-state index in [0.29, 0.717) is 24.0 Å². The molecule has 2 aliphatic heterocycles. The van der Waals surface area contributed by atoms with Crippen LogP contribution < -0.4 is 14.9 Å². The number of ether oxygens (including phenoxy) is 6. The van der Waals surface area contributed by atoms with Crippen molar-refractivity contribution in [1.82, 2.24) is 4.98 Å². The van der Waals surface area contributed by atoms with Gasteiger partial charge in [-0.25, -0.2) is 0 Å². The van der Waals surface area contributed by atoms with E-state index in [-0.39, 0.29) is 29.6 Å². The van der Waals surface area contributed by atoms with E-state index in [1.807, 2.05) is 45.1 Å². The number of H-pyrrole nitrogens is 1. The highest BCUT2D eigenvalue weighted by Crippen LogP contribution is 2.30. The zero-order valence-corrected chi connectivity index (χ0v) is 31.3. The van der Waals surface area contributed by atoms with E-state index in [1.165, 1.54) is 14.2 Å². The van der Waals surface area contributed by atoms with Crippen molar-refractivity contribution in [2.24, 2.45) is 5.92 Å². The summed E-state index contributed by atoms with van der Waals surface area (Å²) >= 11 is 0. The standard InChI is InChI=1S/C37H57NO15/c1-18(11-12-23-22(5)26(41)34(48-6)35(38-23)49-7)9-8-10-19(2)15-21(4)33(20(3)13-14-39)53-37-32(47)30(45)28(43)25(52-37)17-50-36-31(46)29(44)27(42)24(16-40)51-36/h8,10-11,13,15,21,24-25,27-33,36-37,39-40,42-47H,9,12,14,16-17H2,1-7H3,(H,38,41). The highest BCUT2D eigenvalue weighted by Gasteiger charge is 2.48. The highest BCUT2D eigenvalue weighted by molar-refractivity contribution is 5.40. The van der Waals surface area contributed by atoms with E-state index in [4.69, 9.17) is 28.4 Å². The third-order valence-electron chi connectivity index (χ3n) is 9.44. The highest BCUT2D eigenvalue weighted by atomic mass is 16.7. The molecule has 53 heavy (non-hydrogen) atoms. The van der Waals surface area contributed by atoms with E-state index in [2.05, 4.69) is 4.98 Å². The number of nitrogens with one attached hydrogen (secondary N) is 1. The Morgan fingerprint density at radius 2 is 1.49 bits per heavy atom. The predicted octanol–water partition coefficient (Wildman–Crippen LogP) is -0.334. The summed E-state index contributed by atoms with van der Waals surface area (Å²) in [5, 5.41) is 81.6. The topological polar surface area (TPSA) is 250 Å². The van der Waals surface area contributed by atoms with E-state index >= 15 is 0 Å². The molecule has 0 radical (unpaired) electrons. The van der Waals surface area contributed by atoms with Gasteiger partial charge < -0.3 is 74.3 Å². The Kier molecular flexibility index (Phi) is 17.3. The molecule has 0 spiro atoms. The van der Waals surface area contributed by atoms with E-state index < -0.39 is 80.7 Å². The average Bonchev–Trinajstić information content (AvgIpc) is 3.13. The van der Waals surface area contributed by atoms with Gasteiger partial charge in [0.15, 0.2) is 12.6 Å². The van der Waals surface area contributed by atoms with Crippen LogP contribution in [0.3, 0.4) is 0 Å². The maximum atomic E-state index is 12.6. The van der Waals surface area contributed by atoms with Gasteiger partial charge in [-0.15, -0.1) is 0 Å². The minimum atomic E-state index is -1.72. The smallest absolute Gasteiger partial charge is 0.238 e. The SMILES string of the molecule is COc1[nH]c(CC=C(C)CC=CC(C)=CC(C)C(OC2OC(COC3OC(CO)C(O)C(O)C3O)C(O)C(O)C2O)C(C)=CCO)c(C)c(=O)c1OC. The summed E-state index contributed by atoms with van der Waals surface area (Å²) in [5.41, 5.74) is 3.60. The van der Waals surface area contributed by atoms with Crippen molar-refractivity contribution >= 4 is 0 Å². The van der Waals surface area contributed by atoms with Crippen molar-refractivity contribution in [3.8, 4) is 11.6 Å². The summed E-state index contributed by atoms with van der Waals surface area (Å²) in [6.45, 7) is 7.78. The Bertz CT molecular complexity index is 1500. The quantitative estimate of drug-likeness (QED) is 0.0729. The molecule has 1 aromatic rings. The Morgan fingerprint density at radius 1 is 0.868 bits per heavy atom. The fraction of sp³-hybridized carbons (Fsp3) is 0.649. The molecule has 2 saturated heterocycles. The molecule has 2 aliphatic rings. The lowest BCUT2D eigenvalue weighted by atomic mass is 9.94. The molecular weight excluding hydrogens is 698 g/mol. The molecule has 12 unspecified atom stereocenters.